The minimum atomic E-state index is -1.27. The Labute approximate surface area is 121 Å². The zero-order valence-corrected chi connectivity index (χ0v) is 11.8. The highest BCUT2D eigenvalue weighted by Crippen LogP contribution is 2.27. The van der Waals surface area contributed by atoms with Crippen molar-refractivity contribution in [3.8, 4) is 0 Å². The number of carbonyl (C=O) groups excluding carboxylic acids is 3. The first-order valence-electron chi connectivity index (χ1n) is 6.56. The van der Waals surface area contributed by atoms with E-state index in [9.17, 15) is 19.2 Å². The number of hydrogen-bond donors (Lipinski definition) is 2. The summed E-state index contributed by atoms with van der Waals surface area (Å²) in [6, 6.07) is -0.835. The number of ether oxygens (including phenoxy) is 1. The second-order valence-corrected chi connectivity index (χ2v) is 4.66. The summed E-state index contributed by atoms with van der Waals surface area (Å²) in [7, 11) is 0. The number of carboxylic acids is 1. The maximum absolute atomic E-state index is 12.3. The van der Waals surface area contributed by atoms with Crippen LogP contribution in [0, 0.1) is 0 Å². The molecule has 1 aliphatic rings. The highest BCUT2D eigenvalue weighted by Gasteiger charge is 2.37. The number of primary amides is 1. The summed E-state index contributed by atoms with van der Waals surface area (Å²) < 4.78 is 4.78. The van der Waals surface area contributed by atoms with Crippen LogP contribution in [0.25, 0.3) is 0 Å². The van der Waals surface area contributed by atoms with Crippen molar-refractivity contribution in [1.29, 1.82) is 0 Å². The molecule has 0 bridgehead atoms. The van der Waals surface area contributed by atoms with E-state index in [-0.39, 0.29) is 19.2 Å². The molecule has 9 heteroatoms. The van der Waals surface area contributed by atoms with Crippen molar-refractivity contribution in [2.24, 2.45) is 5.73 Å². The predicted molar refractivity (Wildman–Crippen MR) is 70.2 cm³/mol. The van der Waals surface area contributed by atoms with E-state index in [0.29, 0.717) is 0 Å². The predicted octanol–water partition coefficient (Wildman–Crippen LogP) is -0.994. The normalized spacial score (nSPS) is 13.4. The average Bonchev–Trinajstić information content (AvgIpc) is 3.17. The van der Waals surface area contributed by atoms with E-state index < -0.39 is 37.0 Å². The Morgan fingerprint density at radius 3 is 2.24 bits per heavy atom. The molecule has 1 fully saturated rings. The summed E-state index contributed by atoms with van der Waals surface area (Å²) in [6.07, 6.45) is 1.45. The number of hydrogen-bond acceptors (Lipinski definition) is 5. The van der Waals surface area contributed by atoms with E-state index in [1.54, 1.807) is 6.92 Å². The Morgan fingerprint density at radius 1 is 1.19 bits per heavy atom. The van der Waals surface area contributed by atoms with Crippen LogP contribution in [-0.4, -0.2) is 71.1 Å². The molecule has 9 nitrogen and oxygen atoms in total. The Balaban J connectivity index is 2.77. The van der Waals surface area contributed by atoms with Crippen LogP contribution in [0.5, 0.6) is 0 Å². The van der Waals surface area contributed by atoms with E-state index in [4.69, 9.17) is 15.6 Å². The van der Waals surface area contributed by atoms with Crippen LogP contribution in [0.2, 0.25) is 0 Å². The molecule has 1 rings (SSSR count). The summed E-state index contributed by atoms with van der Waals surface area (Å²) in [6.45, 7) is 0.383. The number of urea groups is 1. The zero-order chi connectivity index (χ0) is 16.0. The van der Waals surface area contributed by atoms with Gasteiger partial charge in [-0.05, 0) is 19.8 Å². The first-order valence-corrected chi connectivity index (χ1v) is 6.56. The van der Waals surface area contributed by atoms with Gasteiger partial charge in [0, 0.05) is 6.04 Å². The molecule has 0 aromatic rings. The quantitative estimate of drug-likeness (QED) is 0.553. The Hall–Kier alpha value is -2.32. The molecular weight excluding hydrogens is 282 g/mol. The van der Waals surface area contributed by atoms with E-state index in [2.05, 4.69) is 0 Å². The second-order valence-electron chi connectivity index (χ2n) is 4.66. The van der Waals surface area contributed by atoms with Crippen molar-refractivity contribution in [2.45, 2.75) is 25.8 Å². The number of carboxylic acid groups (broad SMARTS) is 1. The fourth-order valence-electron chi connectivity index (χ4n) is 1.81. The minimum absolute atomic E-state index is 0.133. The lowest BCUT2D eigenvalue weighted by atomic mass is 10.4. The second kappa shape index (κ2) is 7.46. The molecule has 118 valence electrons. The molecule has 1 aliphatic carbocycles. The molecular formula is C12H19N3O6. The summed E-state index contributed by atoms with van der Waals surface area (Å²) in [5.74, 6) is -2.67. The van der Waals surface area contributed by atoms with Crippen molar-refractivity contribution in [2.75, 3.05) is 26.2 Å². The molecule has 0 unspecified atom stereocenters. The summed E-state index contributed by atoms with van der Waals surface area (Å²) >= 11 is 0. The Kier molecular flexibility index (Phi) is 5.94. The molecule has 0 atom stereocenters. The molecule has 3 amide bonds. The monoisotopic (exact) mass is 301 g/mol. The molecule has 0 heterocycles. The van der Waals surface area contributed by atoms with E-state index in [1.165, 1.54) is 4.90 Å². The standard InChI is InChI=1S/C12H19N3O6/c1-2-21-11(19)7-15(8-3-4-8)12(20)14(5-9(13)16)6-10(17)18/h8H,2-7H2,1H3,(H2,13,16)(H,17,18). The van der Waals surface area contributed by atoms with Crippen LogP contribution < -0.4 is 5.73 Å². The van der Waals surface area contributed by atoms with Gasteiger partial charge in [0.05, 0.1) is 6.61 Å². The van der Waals surface area contributed by atoms with Gasteiger partial charge < -0.3 is 25.4 Å². The van der Waals surface area contributed by atoms with E-state index in [0.717, 1.165) is 17.7 Å². The molecule has 0 aromatic carbocycles. The van der Waals surface area contributed by atoms with E-state index in [1.807, 2.05) is 0 Å². The lowest BCUT2D eigenvalue weighted by Gasteiger charge is -2.28. The molecule has 0 aliphatic heterocycles. The third-order valence-corrected chi connectivity index (χ3v) is 2.78. The summed E-state index contributed by atoms with van der Waals surface area (Å²) in [4.78, 5) is 47.6. The van der Waals surface area contributed by atoms with Gasteiger partial charge in [-0.3, -0.25) is 14.4 Å². The van der Waals surface area contributed by atoms with Crippen LogP contribution >= 0.6 is 0 Å². The number of carbonyl (C=O) groups is 4. The largest absolute Gasteiger partial charge is 0.480 e. The van der Waals surface area contributed by atoms with Crippen molar-refractivity contribution in [3.05, 3.63) is 0 Å². The van der Waals surface area contributed by atoms with E-state index >= 15 is 0 Å². The maximum Gasteiger partial charge on any atom is 0.325 e. The number of nitrogens with two attached hydrogens (primary N) is 1. The van der Waals surface area contributed by atoms with Gasteiger partial charge in [-0.1, -0.05) is 0 Å². The molecule has 21 heavy (non-hydrogen) atoms. The highest BCUT2D eigenvalue weighted by molar-refractivity contribution is 5.88. The summed E-state index contributed by atoms with van der Waals surface area (Å²) in [5.41, 5.74) is 5.01. The molecule has 0 spiro atoms. The smallest absolute Gasteiger partial charge is 0.325 e. The van der Waals surface area contributed by atoms with Crippen LogP contribution in [0.3, 0.4) is 0 Å². The Morgan fingerprint density at radius 2 is 1.81 bits per heavy atom. The van der Waals surface area contributed by atoms with Gasteiger partial charge in [0.2, 0.25) is 5.91 Å². The highest BCUT2D eigenvalue weighted by atomic mass is 16.5. The Bertz CT molecular complexity index is 419. The minimum Gasteiger partial charge on any atom is -0.480 e. The molecule has 1 saturated carbocycles. The number of aliphatic carboxylic acids is 1. The SMILES string of the molecule is CCOC(=O)CN(C(=O)N(CC(N)=O)CC(=O)O)C1CC1. The topological polar surface area (TPSA) is 130 Å². The van der Waals surface area contributed by atoms with Gasteiger partial charge in [0.15, 0.2) is 0 Å². The van der Waals surface area contributed by atoms with Crippen molar-refractivity contribution >= 4 is 23.9 Å². The van der Waals surface area contributed by atoms with Gasteiger partial charge in [0.25, 0.3) is 0 Å². The fourth-order valence-corrected chi connectivity index (χ4v) is 1.81. The zero-order valence-electron chi connectivity index (χ0n) is 11.8. The van der Waals surface area contributed by atoms with Gasteiger partial charge in [-0.2, -0.15) is 0 Å². The van der Waals surface area contributed by atoms with Crippen LogP contribution in [0.4, 0.5) is 4.79 Å². The average molecular weight is 301 g/mol. The van der Waals surface area contributed by atoms with Gasteiger partial charge in [0.1, 0.15) is 19.6 Å². The summed E-state index contributed by atoms with van der Waals surface area (Å²) in [5, 5.41) is 8.79. The van der Waals surface area contributed by atoms with Crippen LogP contribution in [-0.2, 0) is 19.1 Å². The lowest BCUT2D eigenvalue weighted by molar-refractivity contribution is -0.144. The third-order valence-electron chi connectivity index (χ3n) is 2.78. The van der Waals surface area contributed by atoms with Crippen LogP contribution in [0.1, 0.15) is 19.8 Å². The third kappa shape index (κ3) is 5.67. The number of amides is 3. The molecule has 0 aromatic heterocycles. The fraction of sp³-hybridized carbons (Fsp3) is 0.667. The molecule has 3 N–H and O–H groups in total. The number of rotatable bonds is 8. The number of nitrogens with zero attached hydrogens (tertiary/aromatic N) is 2. The van der Waals surface area contributed by atoms with Gasteiger partial charge in [-0.25, -0.2) is 4.79 Å². The number of esters is 1. The molecule has 0 radical (unpaired) electrons. The lowest BCUT2D eigenvalue weighted by Crippen LogP contribution is -2.50. The maximum atomic E-state index is 12.3. The first-order chi connectivity index (χ1) is 9.85. The van der Waals surface area contributed by atoms with Gasteiger partial charge in [-0.15, -0.1) is 0 Å². The first kappa shape index (κ1) is 16.7. The van der Waals surface area contributed by atoms with Crippen LogP contribution in [0.15, 0.2) is 0 Å². The van der Waals surface area contributed by atoms with Crippen molar-refractivity contribution in [1.82, 2.24) is 9.80 Å². The van der Waals surface area contributed by atoms with Crippen molar-refractivity contribution in [3.63, 3.8) is 0 Å². The van der Waals surface area contributed by atoms with Gasteiger partial charge >= 0.3 is 18.0 Å². The molecule has 0 saturated heterocycles. The van der Waals surface area contributed by atoms with Crippen molar-refractivity contribution < 1.29 is 29.0 Å².